The Kier molecular flexibility index (Phi) is 5.09. The fourth-order valence-corrected chi connectivity index (χ4v) is 2.17. The first-order chi connectivity index (χ1) is 10.6. The molecule has 0 radical (unpaired) electrons. The summed E-state index contributed by atoms with van der Waals surface area (Å²) >= 11 is 0. The molecule has 0 unspecified atom stereocenters. The maximum Gasteiger partial charge on any atom is 0.262 e. The van der Waals surface area contributed by atoms with Gasteiger partial charge in [-0.3, -0.25) is 4.79 Å². The molecule has 2 rings (SSSR count). The Morgan fingerprint density at radius 2 is 1.82 bits per heavy atom. The summed E-state index contributed by atoms with van der Waals surface area (Å²) < 4.78 is 31.9. The number of hydrogen-bond donors (Lipinski definition) is 0. The molecular formula is C17H17F2NO2. The molecule has 22 heavy (non-hydrogen) atoms. The van der Waals surface area contributed by atoms with Crippen molar-refractivity contribution >= 4 is 11.6 Å². The van der Waals surface area contributed by atoms with Crippen molar-refractivity contribution < 1.29 is 18.3 Å². The molecule has 0 fully saturated rings. The number of carbonyl (C=O) groups excluding carboxylic acids is 1. The monoisotopic (exact) mass is 305 g/mol. The van der Waals surface area contributed by atoms with Crippen molar-refractivity contribution in [3.8, 4) is 5.75 Å². The fourth-order valence-electron chi connectivity index (χ4n) is 2.17. The van der Waals surface area contributed by atoms with E-state index in [-0.39, 0.29) is 5.91 Å². The lowest BCUT2D eigenvalue weighted by atomic mass is 10.1. The van der Waals surface area contributed by atoms with Crippen LogP contribution in [0.25, 0.3) is 0 Å². The van der Waals surface area contributed by atoms with Gasteiger partial charge in [-0.05, 0) is 38.1 Å². The summed E-state index contributed by atoms with van der Waals surface area (Å²) in [5, 5.41) is 0. The highest BCUT2D eigenvalue weighted by Gasteiger charge is 2.20. The lowest BCUT2D eigenvalue weighted by molar-refractivity contribution is 0.0984. The van der Waals surface area contributed by atoms with Crippen LogP contribution in [0, 0.1) is 11.6 Å². The normalized spacial score (nSPS) is 10.4. The van der Waals surface area contributed by atoms with E-state index in [0.29, 0.717) is 30.2 Å². The summed E-state index contributed by atoms with van der Waals surface area (Å²) in [7, 11) is 0. The Morgan fingerprint density at radius 1 is 1.09 bits per heavy atom. The molecule has 0 bridgehead atoms. The standard InChI is InChI=1S/C17H17F2NO2/c1-3-20(12-9-10-14(18)15(19)11-12)17(21)13-7-5-6-8-16(13)22-4-2/h5-11H,3-4H2,1-2H3. The highest BCUT2D eigenvalue weighted by molar-refractivity contribution is 6.07. The van der Waals surface area contributed by atoms with E-state index in [1.165, 1.54) is 11.0 Å². The third-order valence-corrected chi connectivity index (χ3v) is 3.19. The van der Waals surface area contributed by atoms with E-state index in [0.717, 1.165) is 12.1 Å². The summed E-state index contributed by atoms with van der Waals surface area (Å²) in [6.45, 7) is 4.35. The summed E-state index contributed by atoms with van der Waals surface area (Å²) in [5.41, 5.74) is 0.689. The Morgan fingerprint density at radius 3 is 2.45 bits per heavy atom. The molecule has 0 aromatic heterocycles. The van der Waals surface area contributed by atoms with Gasteiger partial charge in [-0.2, -0.15) is 0 Å². The van der Waals surface area contributed by atoms with Crippen LogP contribution in [-0.2, 0) is 0 Å². The van der Waals surface area contributed by atoms with E-state index in [9.17, 15) is 13.6 Å². The van der Waals surface area contributed by atoms with Crippen molar-refractivity contribution in [3.63, 3.8) is 0 Å². The smallest absolute Gasteiger partial charge is 0.262 e. The van der Waals surface area contributed by atoms with Gasteiger partial charge in [-0.15, -0.1) is 0 Å². The lowest BCUT2D eigenvalue weighted by Crippen LogP contribution is -2.31. The van der Waals surface area contributed by atoms with Crippen LogP contribution in [0.5, 0.6) is 5.75 Å². The summed E-state index contributed by atoms with van der Waals surface area (Å²) in [4.78, 5) is 14.1. The average Bonchev–Trinajstić information content (AvgIpc) is 2.52. The minimum absolute atomic E-state index is 0.303. The van der Waals surface area contributed by atoms with Crippen LogP contribution in [0.15, 0.2) is 42.5 Å². The van der Waals surface area contributed by atoms with E-state index in [4.69, 9.17) is 4.74 Å². The molecule has 5 heteroatoms. The Bertz CT molecular complexity index is 673. The van der Waals surface area contributed by atoms with Crippen molar-refractivity contribution in [2.45, 2.75) is 13.8 Å². The second-order valence-electron chi connectivity index (χ2n) is 4.58. The predicted molar refractivity (Wildman–Crippen MR) is 81.3 cm³/mol. The predicted octanol–water partition coefficient (Wildman–Crippen LogP) is 4.03. The summed E-state index contributed by atoms with van der Waals surface area (Å²) in [6, 6.07) is 10.3. The molecule has 0 spiro atoms. The Labute approximate surface area is 128 Å². The zero-order chi connectivity index (χ0) is 16.1. The molecule has 3 nitrogen and oxygen atoms in total. The van der Waals surface area contributed by atoms with Crippen LogP contribution in [0.3, 0.4) is 0 Å². The first-order valence-electron chi connectivity index (χ1n) is 7.07. The molecule has 2 aromatic carbocycles. The number of rotatable bonds is 5. The van der Waals surface area contributed by atoms with Crippen molar-refractivity contribution in [2.24, 2.45) is 0 Å². The van der Waals surface area contributed by atoms with Gasteiger partial charge in [0, 0.05) is 18.3 Å². The molecule has 0 N–H and O–H groups in total. The number of nitrogens with zero attached hydrogens (tertiary/aromatic N) is 1. The van der Waals surface area contributed by atoms with Gasteiger partial charge in [0.15, 0.2) is 11.6 Å². The molecule has 116 valence electrons. The SMILES string of the molecule is CCOc1ccccc1C(=O)N(CC)c1ccc(F)c(F)c1. The van der Waals surface area contributed by atoms with Crippen molar-refractivity contribution in [1.82, 2.24) is 0 Å². The van der Waals surface area contributed by atoms with Crippen LogP contribution in [-0.4, -0.2) is 19.1 Å². The number of para-hydroxylation sites is 1. The molecule has 2 aromatic rings. The van der Waals surface area contributed by atoms with Crippen LogP contribution in [0.2, 0.25) is 0 Å². The van der Waals surface area contributed by atoms with Crippen LogP contribution >= 0.6 is 0 Å². The molecular weight excluding hydrogens is 288 g/mol. The van der Waals surface area contributed by atoms with E-state index in [1.807, 2.05) is 6.92 Å². The second kappa shape index (κ2) is 7.02. The number of ether oxygens (including phenoxy) is 1. The van der Waals surface area contributed by atoms with Gasteiger partial charge in [0.25, 0.3) is 5.91 Å². The first kappa shape index (κ1) is 15.9. The molecule has 0 aliphatic carbocycles. The number of hydrogen-bond acceptors (Lipinski definition) is 2. The largest absolute Gasteiger partial charge is 0.493 e. The quantitative estimate of drug-likeness (QED) is 0.834. The minimum Gasteiger partial charge on any atom is -0.493 e. The molecule has 0 aliphatic rings. The molecule has 0 atom stereocenters. The minimum atomic E-state index is -0.984. The lowest BCUT2D eigenvalue weighted by Gasteiger charge is -2.22. The molecule has 0 saturated heterocycles. The number of halogens is 2. The van der Waals surface area contributed by atoms with Crippen molar-refractivity contribution in [1.29, 1.82) is 0 Å². The van der Waals surface area contributed by atoms with E-state index >= 15 is 0 Å². The highest BCUT2D eigenvalue weighted by Crippen LogP contribution is 2.24. The Balaban J connectivity index is 2.38. The number of carbonyl (C=O) groups is 1. The number of benzene rings is 2. The first-order valence-corrected chi connectivity index (χ1v) is 7.07. The van der Waals surface area contributed by atoms with Gasteiger partial charge in [-0.1, -0.05) is 12.1 Å². The van der Waals surface area contributed by atoms with Crippen molar-refractivity contribution in [2.75, 3.05) is 18.1 Å². The van der Waals surface area contributed by atoms with Gasteiger partial charge in [0.05, 0.1) is 12.2 Å². The van der Waals surface area contributed by atoms with Crippen LogP contribution in [0.1, 0.15) is 24.2 Å². The maximum absolute atomic E-state index is 13.4. The zero-order valence-electron chi connectivity index (χ0n) is 12.5. The zero-order valence-corrected chi connectivity index (χ0v) is 12.5. The fraction of sp³-hybridized carbons (Fsp3) is 0.235. The summed E-state index contributed by atoms with van der Waals surface area (Å²) in [6.07, 6.45) is 0. The van der Waals surface area contributed by atoms with Gasteiger partial charge < -0.3 is 9.64 Å². The van der Waals surface area contributed by atoms with Crippen molar-refractivity contribution in [3.05, 3.63) is 59.7 Å². The van der Waals surface area contributed by atoms with Crippen LogP contribution in [0.4, 0.5) is 14.5 Å². The van der Waals surface area contributed by atoms with Crippen LogP contribution < -0.4 is 9.64 Å². The van der Waals surface area contributed by atoms with Gasteiger partial charge in [0.1, 0.15) is 5.75 Å². The summed E-state index contributed by atoms with van der Waals surface area (Å²) in [5.74, 6) is -1.78. The Hall–Kier alpha value is -2.43. The van der Waals surface area contributed by atoms with Gasteiger partial charge in [-0.25, -0.2) is 8.78 Å². The van der Waals surface area contributed by atoms with E-state index in [2.05, 4.69) is 0 Å². The molecule has 0 saturated carbocycles. The second-order valence-corrected chi connectivity index (χ2v) is 4.58. The third kappa shape index (κ3) is 3.24. The van der Waals surface area contributed by atoms with E-state index < -0.39 is 11.6 Å². The molecule has 1 amide bonds. The van der Waals surface area contributed by atoms with Gasteiger partial charge >= 0.3 is 0 Å². The average molecular weight is 305 g/mol. The number of anilines is 1. The highest BCUT2D eigenvalue weighted by atomic mass is 19.2. The van der Waals surface area contributed by atoms with Gasteiger partial charge in [0.2, 0.25) is 0 Å². The third-order valence-electron chi connectivity index (χ3n) is 3.19. The number of amides is 1. The van der Waals surface area contributed by atoms with E-state index in [1.54, 1.807) is 31.2 Å². The maximum atomic E-state index is 13.4. The topological polar surface area (TPSA) is 29.5 Å². The molecule has 0 heterocycles. The molecule has 0 aliphatic heterocycles.